The van der Waals surface area contributed by atoms with Gasteiger partial charge in [0.1, 0.15) is 0 Å². The van der Waals surface area contributed by atoms with Crippen molar-refractivity contribution in [1.82, 2.24) is 0 Å². The van der Waals surface area contributed by atoms with Gasteiger partial charge in [-0.15, -0.1) is 0 Å². The predicted octanol–water partition coefficient (Wildman–Crippen LogP) is 2.12. The van der Waals surface area contributed by atoms with E-state index in [-0.39, 0.29) is 0 Å². The Kier molecular flexibility index (Phi) is 5.64. The van der Waals surface area contributed by atoms with E-state index >= 15 is 0 Å². The third-order valence-corrected chi connectivity index (χ3v) is 1.41. The Hall–Kier alpha value is -0.300. The molecule has 1 N–H and O–H groups in total. The standard InChI is InChI=1S/C8H16O/c1-3-5-8(4-2)6-7-9/h4,9H,3,5-7H2,1-2H3/b8-4+. The summed E-state index contributed by atoms with van der Waals surface area (Å²) in [5, 5.41) is 8.55. The van der Waals surface area contributed by atoms with E-state index in [9.17, 15) is 0 Å². The molecule has 0 amide bonds. The summed E-state index contributed by atoms with van der Waals surface area (Å²) in [4.78, 5) is 0. The zero-order valence-corrected chi connectivity index (χ0v) is 6.35. The van der Waals surface area contributed by atoms with E-state index in [1.807, 2.05) is 6.92 Å². The van der Waals surface area contributed by atoms with Gasteiger partial charge in [-0.25, -0.2) is 0 Å². The summed E-state index contributed by atoms with van der Waals surface area (Å²) in [6.07, 6.45) is 5.26. The predicted molar refractivity (Wildman–Crippen MR) is 40.4 cm³/mol. The third kappa shape index (κ3) is 4.22. The Morgan fingerprint density at radius 3 is 2.44 bits per heavy atom. The van der Waals surface area contributed by atoms with Crippen molar-refractivity contribution in [2.24, 2.45) is 0 Å². The van der Waals surface area contributed by atoms with Crippen LogP contribution in [0.3, 0.4) is 0 Å². The lowest BCUT2D eigenvalue weighted by atomic mass is 10.1. The van der Waals surface area contributed by atoms with Crippen molar-refractivity contribution < 1.29 is 5.11 Å². The molecule has 0 aromatic heterocycles. The molecule has 0 fully saturated rings. The van der Waals surface area contributed by atoms with Crippen LogP contribution in [0.5, 0.6) is 0 Å². The summed E-state index contributed by atoms with van der Waals surface area (Å²) in [7, 11) is 0. The number of hydrogen-bond donors (Lipinski definition) is 1. The molecule has 0 saturated carbocycles. The van der Waals surface area contributed by atoms with Crippen molar-refractivity contribution in [1.29, 1.82) is 0 Å². The van der Waals surface area contributed by atoms with Gasteiger partial charge in [0.05, 0.1) is 0 Å². The molecule has 1 nitrogen and oxygen atoms in total. The van der Waals surface area contributed by atoms with Crippen molar-refractivity contribution in [2.45, 2.75) is 33.1 Å². The molecule has 0 heterocycles. The lowest BCUT2D eigenvalue weighted by Gasteiger charge is -2.00. The van der Waals surface area contributed by atoms with Crippen LogP contribution in [0.4, 0.5) is 0 Å². The molecule has 0 radical (unpaired) electrons. The van der Waals surface area contributed by atoms with Crippen LogP contribution in [0.1, 0.15) is 33.1 Å². The first-order chi connectivity index (χ1) is 4.35. The highest BCUT2D eigenvalue weighted by molar-refractivity contribution is 4.99. The second-order valence-electron chi connectivity index (χ2n) is 2.17. The highest BCUT2D eigenvalue weighted by Crippen LogP contribution is 2.07. The molecule has 0 aromatic carbocycles. The molecular formula is C8H16O. The topological polar surface area (TPSA) is 20.2 Å². The van der Waals surface area contributed by atoms with Crippen LogP contribution in [0.25, 0.3) is 0 Å². The number of aliphatic hydroxyl groups excluding tert-OH is 1. The van der Waals surface area contributed by atoms with E-state index in [4.69, 9.17) is 5.11 Å². The van der Waals surface area contributed by atoms with Gasteiger partial charge >= 0.3 is 0 Å². The van der Waals surface area contributed by atoms with E-state index < -0.39 is 0 Å². The molecule has 9 heavy (non-hydrogen) atoms. The summed E-state index contributed by atoms with van der Waals surface area (Å²) in [5.41, 5.74) is 1.38. The van der Waals surface area contributed by atoms with Crippen molar-refractivity contribution in [3.05, 3.63) is 11.6 Å². The average molecular weight is 128 g/mol. The SMILES string of the molecule is C/C=C(\CCC)CCO. The first-order valence-electron chi connectivity index (χ1n) is 3.60. The first kappa shape index (κ1) is 8.70. The van der Waals surface area contributed by atoms with Crippen LogP contribution in [0.2, 0.25) is 0 Å². The lowest BCUT2D eigenvalue weighted by Crippen LogP contribution is -1.87. The second kappa shape index (κ2) is 5.83. The molecule has 0 aliphatic rings. The Bertz CT molecular complexity index is 76.6. The zero-order valence-electron chi connectivity index (χ0n) is 6.35. The van der Waals surface area contributed by atoms with E-state index in [0.717, 1.165) is 12.8 Å². The van der Waals surface area contributed by atoms with Gasteiger partial charge in [0.15, 0.2) is 0 Å². The maximum Gasteiger partial charge on any atom is 0.0468 e. The Labute approximate surface area is 57.4 Å². The van der Waals surface area contributed by atoms with Crippen LogP contribution < -0.4 is 0 Å². The van der Waals surface area contributed by atoms with Crippen LogP contribution >= 0.6 is 0 Å². The molecule has 0 aliphatic heterocycles. The number of allylic oxidation sites excluding steroid dienone is 1. The molecule has 0 spiro atoms. The minimum absolute atomic E-state index is 0.291. The average Bonchev–Trinajstić information content (AvgIpc) is 1.88. The summed E-state index contributed by atoms with van der Waals surface area (Å²) in [6.45, 7) is 4.47. The van der Waals surface area contributed by atoms with Crippen LogP contribution in [-0.2, 0) is 0 Å². The van der Waals surface area contributed by atoms with Gasteiger partial charge in [-0.05, 0) is 19.8 Å². The summed E-state index contributed by atoms with van der Waals surface area (Å²) in [6, 6.07) is 0. The largest absolute Gasteiger partial charge is 0.396 e. The molecule has 0 rings (SSSR count). The molecule has 0 saturated heterocycles. The second-order valence-corrected chi connectivity index (χ2v) is 2.17. The van der Waals surface area contributed by atoms with Gasteiger partial charge in [0.25, 0.3) is 0 Å². The highest BCUT2D eigenvalue weighted by atomic mass is 16.2. The molecule has 1 heteroatoms. The van der Waals surface area contributed by atoms with Crippen LogP contribution in [0, 0.1) is 0 Å². The summed E-state index contributed by atoms with van der Waals surface area (Å²) >= 11 is 0. The number of hydrogen-bond acceptors (Lipinski definition) is 1. The van der Waals surface area contributed by atoms with Gasteiger partial charge in [-0.3, -0.25) is 0 Å². The molecule has 0 unspecified atom stereocenters. The van der Waals surface area contributed by atoms with Crippen molar-refractivity contribution in [3.8, 4) is 0 Å². The molecular weight excluding hydrogens is 112 g/mol. The number of aliphatic hydroxyl groups is 1. The fraction of sp³-hybridized carbons (Fsp3) is 0.750. The Morgan fingerprint density at radius 1 is 1.44 bits per heavy atom. The molecule has 0 bridgehead atoms. The van der Waals surface area contributed by atoms with Crippen molar-refractivity contribution in [2.75, 3.05) is 6.61 Å². The van der Waals surface area contributed by atoms with Crippen molar-refractivity contribution in [3.63, 3.8) is 0 Å². The van der Waals surface area contributed by atoms with Gasteiger partial charge in [0, 0.05) is 6.61 Å². The fourth-order valence-corrected chi connectivity index (χ4v) is 0.878. The third-order valence-electron chi connectivity index (χ3n) is 1.41. The van der Waals surface area contributed by atoms with E-state index in [2.05, 4.69) is 13.0 Å². The van der Waals surface area contributed by atoms with Gasteiger partial charge < -0.3 is 5.11 Å². The Balaban J connectivity index is 3.43. The number of rotatable bonds is 4. The fourth-order valence-electron chi connectivity index (χ4n) is 0.878. The minimum Gasteiger partial charge on any atom is -0.396 e. The van der Waals surface area contributed by atoms with E-state index in [1.54, 1.807) is 0 Å². The molecule has 0 aromatic rings. The molecule has 0 atom stereocenters. The first-order valence-corrected chi connectivity index (χ1v) is 3.60. The van der Waals surface area contributed by atoms with Crippen LogP contribution in [0.15, 0.2) is 11.6 Å². The van der Waals surface area contributed by atoms with Gasteiger partial charge in [-0.1, -0.05) is 25.0 Å². The minimum atomic E-state index is 0.291. The maximum atomic E-state index is 8.55. The highest BCUT2D eigenvalue weighted by Gasteiger charge is 1.91. The van der Waals surface area contributed by atoms with Gasteiger partial charge in [-0.2, -0.15) is 0 Å². The maximum absolute atomic E-state index is 8.55. The van der Waals surface area contributed by atoms with Crippen LogP contribution in [-0.4, -0.2) is 11.7 Å². The lowest BCUT2D eigenvalue weighted by molar-refractivity contribution is 0.297. The van der Waals surface area contributed by atoms with E-state index in [1.165, 1.54) is 12.0 Å². The summed E-state index contributed by atoms with van der Waals surface area (Å²) < 4.78 is 0. The normalized spacial score (nSPS) is 12.1. The smallest absolute Gasteiger partial charge is 0.0468 e. The zero-order chi connectivity index (χ0) is 7.11. The van der Waals surface area contributed by atoms with Crippen molar-refractivity contribution >= 4 is 0 Å². The summed E-state index contributed by atoms with van der Waals surface area (Å²) in [5.74, 6) is 0. The quantitative estimate of drug-likeness (QED) is 0.575. The Morgan fingerprint density at radius 2 is 2.11 bits per heavy atom. The monoisotopic (exact) mass is 128 g/mol. The molecule has 54 valence electrons. The molecule has 0 aliphatic carbocycles. The van der Waals surface area contributed by atoms with Gasteiger partial charge in [0.2, 0.25) is 0 Å². The van der Waals surface area contributed by atoms with E-state index in [0.29, 0.717) is 6.61 Å².